The fourth-order valence-corrected chi connectivity index (χ4v) is 2.01. The Morgan fingerprint density at radius 1 is 1.31 bits per heavy atom. The quantitative estimate of drug-likeness (QED) is 0.637. The summed E-state index contributed by atoms with van der Waals surface area (Å²) < 4.78 is 1.74. The minimum Gasteiger partial charge on any atom is -0.510 e. The van der Waals surface area contributed by atoms with Gasteiger partial charge < -0.3 is 5.11 Å². The summed E-state index contributed by atoms with van der Waals surface area (Å²) in [5.74, 6) is 0.714. The van der Waals surface area contributed by atoms with Crippen LogP contribution in [0.25, 0.3) is 17.6 Å². The van der Waals surface area contributed by atoms with E-state index < -0.39 is 0 Å². The number of hydrogen-bond donors (Lipinski definition) is 1. The molecular weight excluding hydrogens is 206 g/mol. The van der Waals surface area contributed by atoms with Crippen molar-refractivity contribution in [2.24, 2.45) is 5.41 Å². The molecule has 1 aliphatic carbocycles. The minimum atomic E-state index is -0.0999. The second-order valence-electron chi connectivity index (χ2n) is 4.69. The number of rotatable bonds is 0. The fraction of sp³-hybridized carbons (Fsp3) is 0.400. The highest BCUT2D eigenvalue weighted by Crippen LogP contribution is 2.26. The Hall–Kier alpha value is -1.98. The SMILES string of the molecule is CC1(C)C=c2c(nnc3nncn23)=C(O)C1. The van der Waals surface area contributed by atoms with Gasteiger partial charge in [0.2, 0.25) is 0 Å². The molecule has 2 aromatic heterocycles. The van der Waals surface area contributed by atoms with Crippen molar-refractivity contribution >= 4 is 17.6 Å². The Balaban J connectivity index is 2.57. The van der Waals surface area contributed by atoms with Crippen LogP contribution in [0.2, 0.25) is 0 Å². The predicted octanol–water partition coefficient (Wildman–Crippen LogP) is -0.604. The van der Waals surface area contributed by atoms with Crippen molar-refractivity contribution < 1.29 is 5.11 Å². The largest absolute Gasteiger partial charge is 0.510 e. The van der Waals surface area contributed by atoms with Crippen LogP contribution in [0.3, 0.4) is 0 Å². The summed E-state index contributed by atoms with van der Waals surface area (Å²) in [5.41, 5.74) is -0.0999. The molecule has 0 aliphatic heterocycles. The van der Waals surface area contributed by atoms with Crippen LogP contribution in [-0.2, 0) is 0 Å². The van der Waals surface area contributed by atoms with E-state index in [9.17, 15) is 5.11 Å². The lowest BCUT2D eigenvalue weighted by Crippen LogP contribution is -2.42. The number of aliphatic hydroxyl groups is 1. The van der Waals surface area contributed by atoms with E-state index in [-0.39, 0.29) is 11.2 Å². The first-order valence-electron chi connectivity index (χ1n) is 5.04. The van der Waals surface area contributed by atoms with Crippen LogP contribution >= 0.6 is 0 Å². The van der Waals surface area contributed by atoms with E-state index in [0.717, 1.165) is 5.35 Å². The smallest absolute Gasteiger partial charge is 0.274 e. The lowest BCUT2D eigenvalue weighted by molar-refractivity contribution is 0.405. The second-order valence-corrected chi connectivity index (χ2v) is 4.69. The summed E-state index contributed by atoms with van der Waals surface area (Å²) >= 11 is 0. The molecule has 3 rings (SSSR count). The van der Waals surface area contributed by atoms with Gasteiger partial charge in [0, 0.05) is 6.42 Å². The maximum Gasteiger partial charge on any atom is 0.274 e. The molecule has 0 spiro atoms. The maximum absolute atomic E-state index is 9.93. The van der Waals surface area contributed by atoms with E-state index in [2.05, 4.69) is 40.3 Å². The first-order valence-corrected chi connectivity index (χ1v) is 5.04. The van der Waals surface area contributed by atoms with Crippen molar-refractivity contribution in [2.45, 2.75) is 20.3 Å². The van der Waals surface area contributed by atoms with Crippen molar-refractivity contribution in [3.8, 4) is 0 Å². The fourth-order valence-electron chi connectivity index (χ4n) is 2.01. The molecular formula is C10H11N5O. The zero-order valence-electron chi connectivity index (χ0n) is 9.05. The molecule has 0 atom stereocenters. The van der Waals surface area contributed by atoms with Crippen molar-refractivity contribution in [2.75, 3.05) is 0 Å². The number of nitrogens with zero attached hydrogens (tertiary/aromatic N) is 5. The standard InChI is InChI=1S/C10H11N5O/c1-10(2)3-6-8(7(16)4-10)12-14-9-13-11-5-15(6)9/h3,5,16H,4H2,1-2H3. The second kappa shape index (κ2) is 2.78. The summed E-state index contributed by atoms with van der Waals surface area (Å²) in [5, 5.41) is 26.7. The van der Waals surface area contributed by atoms with Crippen LogP contribution in [0.5, 0.6) is 0 Å². The zero-order valence-corrected chi connectivity index (χ0v) is 9.05. The van der Waals surface area contributed by atoms with E-state index in [4.69, 9.17) is 0 Å². The lowest BCUT2D eigenvalue weighted by atomic mass is 9.85. The molecule has 2 heterocycles. The topological polar surface area (TPSA) is 76.2 Å². The van der Waals surface area contributed by atoms with E-state index >= 15 is 0 Å². The van der Waals surface area contributed by atoms with Gasteiger partial charge in [0.25, 0.3) is 5.78 Å². The van der Waals surface area contributed by atoms with Crippen LogP contribution in [0.15, 0.2) is 6.33 Å². The van der Waals surface area contributed by atoms with Gasteiger partial charge >= 0.3 is 0 Å². The molecule has 0 unspecified atom stereocenters. The van der Waals surface area contributed by atoms with Crippen molar-refractivity contribution in [3.05, 3.63) is 17.0 Å². The lowest BCUT2D eigenvalue weighted by Gasteiger charge is -2.22. The third kappa shape index (κ3) is 1.19. The average Bonchev–Trinajstić information content (AvgIpc) is 2.63. The molecule has 16 heavy (non-hydrogen) atoms. The first-order chi connectivity index (χ1) is 7.57. The molecule has 0 bridgehead atoms. The molecule has 82 valence electrons. The van der Waals surface area contributed by atoms with Gasteiger partial charge in [-0.05, 0) is 5.41 Å². The number of fused-ring (bicyclic) bond motifs is 3. The van der Waals surface area contributed by atoms with E-state index in [1.165, 1.54) is 0 Å². The summed E-state index contributed by atoms with van der Waals surface area (Å²) in [6.07, 6.45) is 4.21. The third-order valence-electron chi connectivity index (χ3n) is 2.70. The molecule has 2 aromatic rings. The van der Waals surface area contributed by atoms with E-state index in [1.54, 1.807) is 10.7 Å². The summed E-state index contributed by atoms with van der Waals surface area (Å²) in [6.45, 7) is 4.12. The van der Waals surface area contributed by atoms with Crippen LogP contribution < -0.4 is 10.7 Å². The van der Waals surface area contributed by atoms with Gasteiger partial charge in [0.1, 0.15) is 17.4 Å². The molecule has 0 aromatic carbocycles. The van der Waals surface area contributed by atoms with Crippen molar-refractivity contribution in [1.82, 2.24) is 24.8 Å². The Morgan fingerprint density at radius 2 is 2.12 bits per heavy atom. The van der Waals surface area contributed by atoms with Gasteiger partial charge in [0.05, 0.1) is 5.35 Å². The molecule has 0 fully saturated rings. The summed E-state index contributed by atoms with van der Waals surface area (Å²) in [6, 6.07) is 0. The molecule has 0 saturated heterocycles. The number of aromatic nitrogens is 5. The molecule has 1 aliphatic rings. The van der Waals surface area contributed by atoms with E-state index in [0.29, 0.717) is 17.5 Å². The highest BCUT2D eigenvalue weighted by atomic mass is 16.3. The van der Waals surface area contributed by atoms with Gasteiger partial charge in [-0.2, -0.15) is 0 Å². The highest BCUT2D eigenvalue weighted by Gasteiger charge is 2.23. The first kappa shape index (κ1) is 9.26. The van der Waals surface area contributed by atoms with Crippen LogP contribution in [-0.4, -0.2) is 29.9 Å². The molecule has 0 amide bonds. The Kier molecular flexibility index (Phi) is 1.61. The molecule has 0 radical (unpaired) electrons. The third-order valence-corrected chi connectivity index (χ3v) is 2.70. The van der Waals surface area contributed by atoms with E-state index in [1.807, 2.05) is 0 Å². The van der Waals surface area contributed by atoms with Gasteiger partial charge in [0.15, 0.2) is 0 Å². The van der Waals surface area contributed by atoms with Gasteiger partial charge in [-0.25, -0.2) is 0 Å². The molecule has 6 nitrogen and oxygen atoms in total. The normalized spacial score (nSPS) is 18.2. The molecule has 6 heteroatoms. The van der Waals surface area contributed by atoms with Crippen LogP contribution in [0.1, 0.15) is 20.3 Å². The summed E-state index contributed by atoms with van der Waals surface area (Å²) in [4.78, 5) is 0. The minimum absolute atomic E-state index is 0.0999. The number of aliphatic hydroxyl groups excluding tert-OH is 1. The monoisotopic (exact) mass is 217 g/mol. The Labute approximate surface area is 91.0 Å². The molecule has 0 saturated carbocycles. The summed E-state index contributed by atoms with van der Waals surface area (Å²) in [7, 11) is 0. The van der Waals surface area contributed by atoms with Crippen molar-refractivity contribution in [3.63, 3.8) is 0 Å². The highest BCUT2D eigenvalue weighted by molar-refractivity contribution is 5.46. The van der Waals surface area contributed by atoms with Crippen LogP contribution in [0, 0.1) is 5.41 Å². The Bertz CT molecular complexity index is 685. The number of hydrogen-bond acceptors (Lipinski definition) is 5. The van der Waals surface area contributed by atoms with Crippen LogP contribution in [0.4, 0.5) is 0 Å². The Morgan fingerprint density at radius 3 is 2.94 bits per heavy atom. The van der Waals surface area contributed by atoms with Gasteiger partial charge in [-0.3, -0.25) is 4.40 Å². The van der Waals surface area contributed by atoms with Gasteiger partial charge in [-0.15, -0.1) is 20.4 Å². The average molecular weight is 217 g/mol. The van der Waals surface area contributed by atoms with Crippen molar-refractivity contribution in [1.29, 1.82) is 0 Å². The predicted molar refractivity (Wildman–Crippen MR) is 56.7 cm³/mol. The molecule has 1 N–H and O–H groups in total. The maximum atomic E-state index is 9.93. The van der Waals surface area contributed by atoms with Gasteiger partial charge in [-0.1, -0.05) is 19.9 Å². The zero-order chi connectivity index (χ0) is 11.3.